The summed E-state index contributed by atoms with van der Waals surface area (Å²) in [6.45, 7) is 8.65. The highest BCUT2D eigenvalue weighted by molar-refractivity contribution is 5.98. The van der Waals surface area contributed by atoms with Crippen molar-refractivity contribution < 1.29 is 14.3 Å². The van der Waals surface area contributed by atoms with Crippen molar-refractivity contribution in [3.05, 3.63) is 0 Å². The number of hydrogen-bond acceptors (Lipinski definition) is 3. The van der Waals surface area contributed by atoms with Crippen molar-refractivity contribution in [2.75, 3.05) is 13.2 Å². The summed E-state index contributed by atoms with van der Waals surface area (Å²) in [6, 6.07) is 0. The molecule has 3 nitrogen and oxygen atoms in total. The van der Waals surface area contributed by atoms with E-state index in [1.54, 1.807) is 0 Å². The normalized spacial score (nSPS) is 10.3. The van der Waals surface area contributed by atoms with Gasteiger partial charge in [-0.05, 0) is 25.7 Å². The number of carbonyl (C=O) groups excluding carboxylic acids is 1. The van der Waals surface area contributed by atoms with Crippen molar-refractivity contribution in [2.24, 2.45) is 5.92 Å². The zero-order valence-corrected chi connectivity index (χ0v) is 10.0. The van der Waals surface area contributed by atoms with Gasteiger partial charge in [0.2, 0.25) is 6.29 Å². The Kier molecular flexibility index (Phi) is 7.98. The fourth-order valence-electron chi connectivity index (χ4n) is 0.903. The Balaban J connectivity index is 4.15. The topological polar surface area (TPSA) is 35.5 Å². The van der Waals surface area contributed by atoms with Crippen molar-refractivity contribution in [1.82, 2.24) is 0 Å². The van der Waals surface area contributed by atoms with Crippen LogP contribution in [0.25, 0.3) is 0 Å². The van der Waals surface area contributed by atoms with Crippen molar-refractivity contribution in [2.45, 2.75) is 40.4 Å². The maximum Gasteiger partial charge on any atom is 0.261 e. The average Bonchev–Trinajstić information content (AvgIpc) is 2.16. The molecule has 15 heavy (non-hydrogen) atoms. The lowest BCUT2D eigenvalue weighted by Crippen LogP contribution is -2.26. The molecule has 0 aliphatic rings. The Morgan fingerprint density at radius 1 is 1.20 bits per heavy atom. The van der Waals surface area contributed by atoms with E-state index < -0.39 is 6.29 Å². The van der Waals surface area contributed by atoms with E-state index in [-0.39, 0.29) is 5.78 Å². The molecule has 0 amide bonds. The largest absolute Gasteiger partial charge is 0.346 e. The van der Waals surface area contributed by atoms with Crippen LogP contribution in [0.15, 0.2) is 0 Å². The summed E-state index contributed by atoms with van der Waals surface area (Å²) in [4.78, 5) is 11.5. The van der Waals surface area contributed by atoms with Crippen LogP contribution in [0, 0.1) is 17.8 Å². The van der Waals surface area contributed by atoms with Gasteiger partial charge in [-0.3, -0.25) is 4.79 Å². The van der Waals surface area contributed by atoms with Crippen LogP contribution >= 0.6 is 0 Å². The van der Waals surface area contributed by atoms with Gasteiger partial charge in [-0.2, -0.15) is 0 Å². The molecule has 0 aliphatic carbocycles. The summed E-state index contributed by atoms with van der Waals surface area (Å²) in [6.07, 6.45) is -0.101. The SMILES string of the molecule is CCOC(OCC)C(=O)C#CCC(C)C. The molecule has 0 aromatic carbocycles. The third-order valence-electron chi connectivity index (χ3n) is 1.57. The van der Waals surface area contributed by atoms with Crippen LogP contribution in [0.5, 0.6) is 0 Å². The first-order chi connectivity index (χ1) is 7.11. The molecule has 86 valence electrons. The van der Waals surface area contributed by atoms with E-state index in [0.717, 1.165) is 6.42 Å². The van der Waals surface area contributed by atoms with Crippen LogP contribution in [0.4, 0.5) is 0 Å². The highest BCUT2D eigenvalue weighted by Gasteiger charge is 2.15. The van der Waals surface area contributed by atoms with E-state index in [1.165, 1.54) is 0 Å². The fraction of sp³-hybridized carbons (Fsp3) is 0.750. The summed E-state index contributed by atoms with van der Waals surface area (Å²) < 4.78 is 10.3. The molecule has 0 spiro atoms. The number of ether oxygens (including phenoxy) is 2. The highest BCUT2D eigenvalue weighted by Crippen LogP contribution is 1.98. The molecule has 0 saturated heterocycles. The molecular weight excluding hydrogens is 192 g/mol. The van der Waals surface area contributed by atoms with Gasteiger partial charge in [0.05, 0.1) is 0 Å². The quantitative estimate of drug-likeness (QED) is 0.384. The second-order valence-electron chi connectivity index (χ2n) is 3.51. The monoisotopic (exact) mass is 212 g/mol. The molecule has 0 aromatic heterocycles. The number of hydrogen-bond donors (Lipinski definition) is 0. The van der Waals surface area contributed by atoms with E-state index in [0.29, 0.717) is 19.1 Å². The Labute approximate surface area is 92.1 Å². The molecule has 3 heteroatoms. The van der Waals surface area contributed by atoms with Gasteiger partial charge in [0, 0.05) is 19.6 Å². The first-order valence-electron chi connectivity index (χ1n) is 5.37. The Bertz CT molecular complexity index is 229. The van der Waals surface area contributed by atoms with Crippen molar-refractivity contribution in [3.8, 4) is 11.8 Å². The van der Waals surface area contributed by atoms with Gasteiger partial charge in [-0.25, -0.2) is 0 Å². The lowest BCUT2D eigenvalue weighted by atomic mass is 10.1. The molecule has 0 radical (unpaired) electrons. The van der Waals surface area contributed by atoms with Gasteiger partial charge in [0.15, 0.2) is 0 Å². The van der Waals surface area contributed by atoms with Gasteiger partial charge in [-0.1, -0.05) is 19.8 Å². The molecule has 0 aromatic rings. The summed E-state index contributed by atoms with van der Waals surface area (Å²) in [5, 5.41) is 0. The van der Waals surface area contributed by atoms with Gasteiger partial charge in [0.25, 0.3) is 5.78 Å². The van der Waals surface area contributed by atoms with Crippen molar-refractivity contribution in [1.29, 1.82) is 0 Å². The predicted molar refractivity (Wildman–Crippen MR) is 59.3 cm³/mol. The zero-order chi connectivity index (χ0) is 11.7. The minimum atomic E-state index is -0.820. The lowest BCUT2D eigenvalue weighted by Gasteiger charge is -2.11. The maximum absolute atomic E-state index is 11.5. The molecular formula is C12H20O3. The van der Waals surface area contributed by atoms with E-state index >= 15 is 0 Å². The Morgan fingerprint density at radius 3 is 2.13 bits per heavy atom. The zero-order valence-electron chi connectivity index (χ0n) is 10.0. The van der Waals surface area contributed by atoms with Crippen LogP contribution in [0.1, 0.15) is 34.1 Å². The molecule has 0 unspecified atom stereocenters. The number of ketones is 1. The first-order valence-corrected chi connectivity index (χ1v) is 5.37. The van der Waals surface area contributed by atoms with Crippen LogP contribution in [-0.2, 0) is 14.3 Å². The molecule has 0 bridgehead atoms. The van der Waals surface area contributed by atoms with Crippen molar-refractivity contribution in [3.63, 3.8) is 0 Å². The second-order valence-corrected chi connectivity index (χ2v) is 3.51. The Morgan fingerprint density at radius 2 is 1.73 bits per heavy atom. The maximum atomic E-state index is 11.5. The number of carbonyl (C=O) groups is 1. The summed E-state index contributed by atoms with van der Waals surface area (Å²) >= 11 is 0. The smallest absolute Gasteiger partial charge is 0.261 e. The van der Waals surface area contributed by atoms with Gasteiger partial charge < -0.3 is 9.47 Å². The van der Waals surface area contributed by atoms with E-state index in [2.05, 4.69) is 25.7 Å². The molecule has 0 heterocycles. The van der Waals surface area contributed by atoms with Crippen molar-refractivity contribution >= 4 is 5.78 Å². The highest BCUT2D eigenvalue weighted by atomic mass is 16.7. The van der Waals surface area contributed by atoms with E-state index in [4.69, 9.17) is 9.47 Å². The molecule has 0 atom stereocenters. The van der Waals surface area contributed by atoms with Gasteiger partial charge in [0.1, 0.15) is 0 Å². The lowest BCUT2D eigenvalue weighted by molar-refractivity contribution is -0.162. The van der Waals surface area contributed by atoms with E-state index in [1.807, 2.05) is 13.8 Å². The average molecular weight is 212 g/mol. The fourth-order valence-corrected chi connectivity index (χ4v) is 0.903. The van der Waals surface area contributed by atoms with E-state index in [9.17, 15) is 4.79 Å². The predicted octanol–water partition coefficient (Wildman–Crippen LogP) is 2.00. The van der Waals surface area contributed by atoms with Crippen LogP contribution in [0.2, 0.25) is 0 Å². The molecule has 0 N–H and O–H groups in total. The third kappa shape index (κ3) is 7.12. The van der Waals surface area contributed by atoms with Gasteiger partial charge in [-0.15, -0.1) is 0 Å². The minimum absolute atomic E-state index is 0.292. The number of rotatable bonds is 6. The molecule has 0 rings (SSSR count). The summed E-state index contributed by atoms with van der Waals surface area (Å²) in [5.41, 5.74) is 0. The standard InChI is InChI=1S/C12H20O3/c1-5-14-12(15-6-2)11(13)9-7-8-10(3)4/h10,12H,5-6,8H2,1-4H3. The first kappa shape index (κ1) is 14.2. The number of Topliss-reactive ketones (excluding diaryl/α,β-unsaturated/α-hetero) is 1. The third-order valence-corrected chi connectivity index (χ3v) is 1.57. The molecule has 0 fully saturated rings. The minimum Gasteiger partial charge on any atom is -0.346 e. The Hall–Kier alpha value is -0.850. The van der Waals surface area contributed by atoms with Crippen LogP contribution < -0.4 is 0 Å². The summed E-state index contributed by atoms with van der Waals surface area (Å²) in [7, 11) is 0. The van der Waals surface area contributed by atoms with Crippen LogP contribution in [-0.4, -0.2) is 25.3 Å². The molecule has 0 aliphatic heterocycles. The van der Waals surface area contributed by atoms with Crippen LogP contribution in [0.3, 0.4) is 0 Å². The molecule has 0 saturated carbocycles. The second kappa shape index (κ2) is 8.46. The van der Waals surface area contributed by atoms with Gasteiger partial charge >= 0.3 is 0 Å². The summed E-state index contributed by atoms with van der Waals surface area (Å²) in [5.74, 6) is 5.55.